The van der Waals surface area contributed by atoms with Crippen molar-refractivity contribution in [1.82, 2.24) is 50.7 Å². The SMILES string of the molecule is CC(C)[C@H]1C(=O)NC[C@@H](N)C(=O)N2CCCC[C@H]2C(=O)NCC(=O)N(C)CC(=O)N(C)C2(CCC2)C(=O)NC[C@@H](N)C(=O)N2CCCC[C@H]2C(=O)NCC(=O)N(C)CC(=O)N1C. The Kier molecular flexibility index (Phi) is 17.2. The van der Waals surface area contributed by atoms with Gasteiger partial charge in [0, 0.05) is 54.4 Å². The van der Waals surface area contributed by atoms with Gasteiger partial charge in [-0.3, -0.25) is 47.9 Å². The lowest BCUT2D eigenvalue weighted by Crippen LogP contribution is -2.65. The quantitative estimate of drug-likeness (QED) is 0.146. The lowest BCUT2D eigenvalue weighted by atomic mass is 9.74. The van der Waals surface area contributed by atoms with E-state index < -0.39 is 127 Å². The minimum Gasteiger partial charge on any atom is -0.352 e. The van der Waals surface area contributed by atoms with Crippen molar-refractivity contribution in [2.75, 3.05) is 80.5 Å². The molecule has 346 valence electrons. The maximum absolute atomic E-state index is 13.6. The highest BCUT2D eigenvalue weighted by molar-refractivity contribution is 5.97. The van der Waals surface area contributed by atoms with Gasteiger partial charge in [0.25, 0.3) is 0 Å². The van der Waals surface area contributed by atoms with E-state index >= 15 is 0 Å². The second-order valence-electron chi connectivity index (χ2n) is 17.2. The molecular weight excluding hydrogens is 809 g/mol. The molecule has 0 unspecified atom stereocenters. The van der Waals surface area contributed by atoms with Crippen LogP contribution in [0.1, 0.15) is 71.6 Å². The summed E-state index contributed by atoms with van der Waals surface area (Å²) in [5.74, 6) is -6.19. The van der Waals surface area contributed by atoms with Gasteiger partial charge in [-0.1, -0.05) is 13.8 Å². The number of nitrogens with one attached hydrogen (secondary N) is 4. The average Bonchev–Trinajstić information content (AvgIpc) is 3.23. The van der Waals surface area contributed by atoms with Crippen molar-refractivity contribution in [2.24, 2.45) is 17.4 Å². The van der Waals surface area contributed by atoms with Crippen molar-refractivity contribution in [3.63, 3.8) is 0 Å². The van der Waals surface area contributed by atoms with Crippen molar-refractivity contribution in [1.29, 1.82) is 0 Å². The molecule has 4 aliphatic rings. The van der Waals surface area contributed by atoms with Gasteiger partial charge in [0.05, 0.1) is 26.2 Å². The largest absolute Gasteiger partial charge is 0.352 e. The van der Waals surface area contributed by atoms with Gasteiger partial charge >= 0.3 is 0 Å². The molecule has 22 heteroatoms. The second-order valence-corrected chi connectivity index (χ2v) is 17.2. The molecule has 22 nitrogen and oxygen atoms in total. The van der Waals surface area contributed by atoms with Crippen molar-refractivity contribution in [3.05, 3.63) is 0 Å². The molecule has 62 heavy (non-hydrogen) atoms. The minimum absolute atomic E-state index is 0.214. The van der Waals surface area contributed by atoms with Crippen LogP contribution < -0.4 is 32.7 Å². The van der Waals surface area contributed by atoms with Gasteiger partial charge in [0.15, 0.2) is 0 Å². The molecule has 3 saturated heterocycles. The number of carbonyl (C=O) groups is 10. The van der Waals surface area contributed by atoms with E-state index in [0.29, 0.717) is 57.8 Å². The maximum atomic E-state index is 13.6. The van der Waals surface area contributed by atoms with E-state index in [0.717, 1.165) is 9.80 Å². The zero-order valence-corrected chi connectivity index (χ0v) is 36.9. The number of hydrogen-bond donors (Lipinski definition) is 6. The van der Waals surface area contributed by atoms with E-state index in [1.807, 2.05) is 0 Å². The van der Waals surface area contributed by atoms with Gasteiger partial charge in [-0.15, -0.1) is 0 Å². The molecule has 1 aliphatic carbocycles. The van der Waals surface area contributed by atoms with E-state index in [9.17, 15) is 47.9 Å². The summed E-state index contributed by atoms with van der Waals surface area (Å²) in [6.07, 6.45) is 4.37. The van der Waals surface area contributed by atoms with Crippen LogP contribution in [0.25, 0.3) is 0 Å². The fourth-order valence-electron chi connectivity index (χ4n) is 8.40. The predicted molar refractivity (Wildman–Crippen MR) is 223 cm³/mol. The van der Waals surface area contributed by atoms with E-state index in [1.54, 1.807) is 13.8 Å². The summed E-state index contributed by atoms with van der Waals surface area (Å²) in [4.78, 5) is 142. The standard InChI is InChI=1S/C40H66N12O10/c1-24(2)33-36(59)43-18-25(41)37(60)51-16-9-7-12-27(51)34(57)45-21-30(54)48(4)23-32(56)50(6)40(14-11-15-40)39(62)46-19-26(42)38(61)52-17-10-8-13-28(52)35(58)44-20-29(53)47(3)22-31(55)49(33)5/h24-28,33H,7-23,41-42H2,1-6H3,(H,43,59)(H,44,58)(H,45,57)(H,46,62)/t25-,26-,27+,28+,33+/m1/s1. The normalized spacial score (nSPS) is 28.3. The number of amides is 10. The third-order valence-corrected chi connectivity index (χ3v) is 12.5. The summed E-state index contributed by atoms with van der Waals surface area (Å²) < 4.78 is 0. The predicted octanol–water partition coefficient (Wildman–Crippen LogP) is -4.34. The van der Waals surface area contributed by atoms with E-state index in [1.165, 1.54) is 47.8 Å². The number of carbonyl (C=O) groups excluding carboxylic acids is 10. The van der Waals surface area contributed by atoms with Crippen LogP contribution >= 0.6 is 0 Å². The Morgan fingerprint density at radius 3 is 1.45 bits per heavy atom. The molecule has 4 rings (SSSR count). The summed E-state index contributed by atoms with van der Waals surface area (Å²) >= 11 is 0. The molecular formula is C40H66N12O10. The van der Waals surface area contributed by atoms with Crippen LogP contribution in [-0.4, -0.2) is 205 Å². The summed E-state index contributed by atoms with van der Waals surface area (Å²) in [7, 11) is 5.63. The van der Waals surface area contributed by atoms with E-state index in [-0.39, 0.29) is 26.2 Å². The van der Waals surface area contributed by atoms with Gasteiger partial charge in [0.1, 0.15) is 35.7 Å². The number of likely N-dealkylation sites (N-methyl/N-ethyl adjacent to an activating group) is 4. The molecule has 0 aromatic carbocycles. The highest BCUT2D eigenvalue weighted by Gasteiger charge is 2.50. The number of piperidine rings is 2. The molecule has 1 saturated carbocycles. The van der Waals surface area contributed by atoms with Crippen molar-refractivity contribution in [3.8, 4) is 0 Å². The number of hydrogen-bond acceptors (Lipinski definition) is 12. The highest BCUT2D eigenvalue weighted by Crippen LogP contribution is 2.37. The smallest absolute Gasteiger partial charge is 0.246 e. The monoisotopic (exact) mass is 875 g/mol. The fraction of sp³-hybridized carbons (Fsp3) is 0.750. The third kappa shape index (κ3) is 11.5. The molecule has 0 aromatic heterocycles. The maximum Gasteiger partial charge on any atom is 0.246 e. The lowest BCUT2D eigenvalue weighted by Gasteiger charge is -2.47. The first-order valence-electron chi connectivity index (χ1n) is 21.5. The summed E-state index contributed by atoms with van der Waals surface area (Å²) in [6.45, 7) is 1.49. The first-order valence-corrected chi connectivity index (χ1v) is 21.5. The lowest BCUT2D eigenvalue weighted by molar-refractivity contribution is -0.153. The van der Waals surface area contributed by atoms with Crippen LogP contribution in [0.3, 0.4) is 0 Å². The Balaban J connectivity index is 1.54. The summed E-state index contributed by atoms with van der Waals surface area (Å²) in [5.41, 5.74) is 11.3. The molecule has 0 bridgehead atoms. The van der Waals surface area contributed by atoms with Gasteiger partial charge in [0.2, 0.25) is 59.1 Å². The van der Waals surface area contributed by atoms with Gasteiger partial charge in [-0.2, -0.15) is 0 Å². The molecule has 5 atom stereocenters. The Hall–Kier alpha value is -5.38. The number of fused-ring (bicyclic) bond motifs is 2. The number of nitrogens with zero attached hydrogens (tertiary/aromatic N) is 6. The Morgan fingerprint density at radius 2 is 1.02 bits per heavy atom. The molecule has 10 amide bonds. The number of nitrogens with two attached hydrogens (primary N) is 2. The van der Waals surface area contributed by atoms with Crippen LogP contribution in [0.15, 0.2) is 0 Å². The Morgan fingerprint density at radius 1 is 0.565 bits per heavy atom. The van der Waals surface area contributed by atoms with Crippen LogP contribution in [0.4, 0.5) is 0 Å². The van der Waals surface area contributed by atoms with Crippen LogP contribution in [0.2, 0.25) is 0 Å². The minimum atomic E-state index is -1.25. The molecule has 4 fully saturated rings. The van der Waals surface area contributed by atoms with Gasteiger partial charge < -0.3 is 62.1 Å². The molecule has 0 aromatic rings. The summed E-state index contributed by atoms with van der Waals surface area (Å²) in [6, 6.07) is -5.39. The number of rotatable bonds is 1. The van der Waals surface area contributed by atoms with E-state index in [2.05, 4.69) is 21.3 Å². The van der Waals surface area contributed by atoms with Crippen LogP contribution in [0, 0.1) is 5.92 Å². The van der Waals surface area contributed by atoms with Crippen molar-refractivity contribution < 1.29 is 47.9 Å². The van der Waals surface area contributed by atoms with E-state index in [4.69, 9.17) is 11.5 Å². The molecule has 3 heterocycles. The van der Waals surface area contributed by atoms with Gasteiger partial charge in [-0.05, 0) is 63.7 Å². The highest BCUT2D eigenvalue weighted by atomic mass is 16.2. The van der Waals surface area contributed by atoms with Crippen LogP contribution in [-0.2, 0) is 47.9 Å². The van der Waals surface area contributed by atoms with Crippen LogP contribution in [0.5, 0.6) is 0 Å². The zero-order valence-electron chi connectivity index (χ0n) is 36.9. The van der Waals surface area contributed by atoms with Crippen molar-refractivity contribution in [2.45, 2.75) is 107 Å². The first kappa shape index (κ1) is 49.3. The molecule has 8 N–H and O–H groups in total. The molecule has 1 spiro atoms. The van der Waals surface area contributed by atoms with Gasteiger partial charge in [-0.25, -0.2) is 0 Å². The fourth-order valence-corrected chi connectivity index (χ4v) is 8.40. The Labute approximate surface area is 362 Å². The molecule has 0 radical (unpaired) electrons. The second kappa shape index (κ2) is 21.6. The zero-order chi connectivity index (χ0) is 46.1. The first-order chi connectivity index (χ1) is 29.2. The molecule has 3 aliphatic heterocycles. The summed E-state index contributed by atoms with van der Waals surface area (Å²) in [5, 5.41) is 10.5. The third-order valence-electron chi connectivity index (χ3n) is 12.5. The van der Waals surface area contributed by atoms with Crippen molar-refractivity contribution >= 4 is 59.1 Å². The average molecular weight is 875 g/mol. The Bertz CT molecular complexity index is 1740. The topological polar surface area (TPSA) is 290 Å².